The van der Waals surface area contributed by atoms with E-state index in [0.29, 0.717) is 0 Å². The van der Waals surface area contributed by atoms with Gasteiger partial charge >= 0.3 is 38.4 Å². The van der Waals surface area contributed by atoms with Crippen molar-refractivity contribution in [1.82, 2.24) is 0 Å². The molecule has 0 spiro atoms. The molecule has 5 heavy (non-hydrogen) atoms. The van der Waals surface area contributed by atoms with Crippen molar-refractivity contribution in [3.05, 3.63) is 0 Å². The Kier molecular flexibility index (Phi) is 317. The standard InChI is InChI=1S/Cr.Mo.3P/q+3;+6;3*-3. The molecule has 1 radical (unpaired) electrons. The molecule has 0 heterocycles. The van der Waals surface area contributed by atoms with Crippen LogP contribution in [0.25, 0.3) is 0 Å². The first kappa shape index (κ1) is 50.5. The van der Waals surface area contributed by atoms with Gasteiger partial charge in [0.1, 0.15) is 0 Å². The fourth-order valence-corrected chi connectivity index (χ4v) is 0. The van der Waals surface area contributed by atoms with E-state index in [1.54, 1.807) is 0 Å². The first-order valence-electron chi connectivity index (χ1n) is 0. The van der Waals surface area contributed by atoms with Crippen LogP contribution < -0.4 is 0 Å². The van der Waals surface area contributed by atoms with Crippen LogP contribution in [0.3, 0.4) is 0 Å². The number of hydrogen-bond acceptors (Lipinski definition) is 0. The predicted octanol–water partition coefficient (Wildman–Crippen LogP) is 2.58. The molecule has 0 aromatic carbocycles. The van der Waals surface area contributed by atoms with Gasteiger partial charge in [0.05, 0.1) is 0 Å². The average molecular weight is 241 g/mol. The molecule has 0 bridgehead atoms. The molecule has 27 valence electrons. The molecular formula is CrMoP3. The summed E-state index contributed by atoms with van der Waals surface area (Å²) in [6.07, 6.45) is 0. The molecule has 0 N–H and O–H groups in total. The maximum Gasteiger partial charge on any atom is 6.00 e. The van der Waals surface area contributed by atoms with E-state index < -0.39 is 0 Å². The second-order valence-electron chi connectivity index (χ2n) is 0. The van der Waals surface area contributed by atoms with Crippen molar-refractivity contribution in [2.24, 2.45) is 0 Å². The van der Waals surface area contributed by atoms with E-state index in [4.69, 9.17) is 0 Å². The van der Waals surface area contributed by atoms with E-state index in [9.17, 15) is 0 Å². The molecule has 0 nitrogen and oxygen atoms in total. The van der Waals surface area contributed by atoms with Crippen LogP contribution in [0, 0.1) is 0 Å². The van der Waals surface area contributed by atoms with Crippen LogP contribution in [-0.4, -0.2) is 0 Å². The summed E-state index contributed by atoms with van der Waals surface area (Å²) in [4.78, 5) is 0. The minimum absolute atomic E-state index is 0. The van der Waals surface area contributed by atoms with Crippen LogP contribution in [0.1, 0.15) is 0 Å². The second-order valence-corrected chi connectivity index (χ2v) is 0. The van der Waals surface area contributed by atoms with Gasteiger partial charge in [-0.2, -0.15) is 0 Å². The fourth-order valence-electron chi connectivity index (χ4n) is 0. The Labute approximate surface area is 67.9 Å². The largest absolute Gasteiger partial charge is 6.00 e. The maximum atomic E-state index is 0. The molecule has 0 saturated carbocycles. The Morgan fingerprint density at radius 2 is 0.600 bits per heavy atom. The normalized spacial score (nSPS) is 0. The third-order valence-electron chi connectivity index (χ3n) is 0. The maximum absolute atomic E-state index is 0. The van der Waals surface area contributed by atoms with Gasteiger partial charge in [0.2, 0.25) is 0 Å². The zero-order chi connectivity index (χ0) is 0. The minimum Gasteiger partial charge on any atom is -3.00 e. The summed E-state index contributed by atoms with van der Waals surface area (Å²) < 4.78 is 0. The number of rotatable bonds is 0. The molecule has 0 rings (SSSR count). The monoisotopic (exact) mass is 243 g/mol. The molecule has 0 saturated heterocycles. The van der Waals surface area contributed by atoms with Crippen LogP contribution in [0.4, 0.5) is 0 Å². The zero-order valence-corrected chi connectivity index (χ0v) is 8.12. The van der Waals surface area contributed by atoms with Gasteiger partial charge in [0.25, 0.3) is 0 Å². The summed E-state index contributed by atoms with van der Waals surface area (Å²) in [5.74, 6) is 0. The quantitative estimate of drug-likeness (QED) is 0.451. The van der Waals surface area contributed by atoms with Gasteiger partial charge < -0.3 is 29.7 Å². The van der Waals surface area contributed by atoms with Crippen LogP contribution >= 0.6 is 29.7 Å². The van der Waals surface area contributed by atoms with Crippen molar-refractivity contribution in [2.75, 3.05) is 0 Å². The van der Waals surface area contributed by atoms with Crippen LogP contribution in [0.5, 0.6) is 0 Å². The van der Waals surface area contributed by atoms with Gasteiger partial charge in [-0.3, -0.25) is 0 Å². The van der Waals surface area contributed by atoms with Crippen molar-refractivity contribution < 1.29 is 38.4 Å². The Bertz CT molecular complexity index is 6.85. The third kappa shape index (κ3) is 21.0. The van der Waals surface area contributed by atoms with Gasteiger partial charge in [-0.05, 0) is 0 Å². The van der Waals surface area contributed by atoms with Crippen LogP contribution in [0.15, 0.2) is 0 Å². The molecule has 0 aromatic heterocycles. The molecule has 0 atom stereocenters. The summed E-state index contributed by atoms with van der Waals surface area (Å²) in [7, 11) is 0. The predicted molar refractivity (Wildman–Crippen MR) is 20.8 cm³/mol. The van der Waals surface area contributed by atoms with Crippen LogP contribution in [0.2, 0.25) is 0 Å². The molecule has 0 aliphatic carbocycles. The van der Waals surface area contributed by atoms with Gasteiger partial charge in [-0.25, -0.2) is 0 Å². The summed E-state index contributed by atoms with van der Waals surface area (Å²) in [5, 5.41) is 0. The molecule has 0 fully saturated rings. The summed E-state index contributed by atoms with van der Waals surface area (Å²) in [6.45, 7) is 0. The molecule has 0 unspecified atom stereocenters. The van der Waals surface area contributed by atoms with Crippen molar-refractivity contribution >= 4 is 29.7 Å². The van der Waals surface area contributed by atoms with Crippen LogP contribution in [-0.2, 0) is 38.4 Å². The summed E-state index contributed by atoms with van der Waals surface area (Å²) in [6, 6.07) is 0. The van der Waals surface area contributed by atoms with Crippen molar-refractivity contribution in [3.8, 4) is 0 Å². The SMILES string of the molecule is [Cr+3].[Mo+6].[P-3].[P-3].[P-3]. The molecule has 5 heteroatoms. The van der Waals surface area contributed by atoms with Gasteiger partial charge in [-0.15, -0.1) is 0 Å². The Balaban J connectivity index is 0. The Morgan fingerprint density at radius 1 is 0.600 bits per heavy atom. The van der Waals surface area contributed by atoms with Crippen molar-refractivity contribution in [3.63, 3.8) is 0 Å². The van der Waals surface area contributed by atoms with E-state index in [1.807, 2.05) is 0 Å². The first-order chi connectivity index (χ1) is 0. The van der Waals surface area contributed by atoms with Gasteiger partial charge in [-0.1, -0.05) is 0 Å². The molecule has 0 aliphatic rings. The molecule has 0 aromatic rings. The van der Waals surface area contributed by atoms with E-state index in [1.165, 1.54) is 0 Å². The third-order valence-corrected chi connectivity index (χ3v) is 0. The average Bonchev–Trinajstić information content (AvgIpc) is 0. The fraction of sp³-hybridized carbons (Fsp3) is 0. The van der Waals surface area contributed by atoms with E-state index in [-0.39, 0.29) is 68.1 Å². The number of hydrogen-bond donors (Lipinski definition) is 0. The van der Waals surface area contributed by atoms with Gasteiger partial charge in [0.15, 0.2) is 0 Å². The molecular weight excluding hydrogens is 241 g/mol. The van der Waals surface area contributed by atoms with E-state index >= 15 is 0 Å². The Hall–Kier alpha value is 2.51. The van der Waals surface area contributed by atoms with Gasteiger partial charge in [0, 0.05) is 0 Å². The minimum atomic E-state index is 0. The Morgan fingerprint density at radius 3 is 0.600 bits per heavy atom. The second kappa shape index (κ2) is 31.4. The molecule has 0 aliphatic heterocycles. The summed E-state index contributed by atoms with van der Waals surface area (Å²) >= 11 is 0. The zero-order valence-electron chi connectivity index (χ0n) is 2.16. The van der Waals surface area contributed by atoms with E-state index in [2.05, 4.69) is 0 Å². The molecule has 0 amide bonds. The topological polar surface area (TPSA) is 0 Å². The first-order valence-corrected chi connectivity index (χ1v) is 0. The smallest absolute Gasteiger partial charge is 3.00 e. The summed E-state index contributed by atoms with van der Waals surface area (Å²) in [5.41, 5.74) is 0. The van der Waals surface area contributed by atoms with Crippen molar-refractivity contribution in [1.29, 1.82) is 0 Å². The van der Waals surface area contributed by atoms with E-state index in [0.717, 1.165) is 0 Å². The van der Waals surface area contributed by atoms with Crippen molar-refractivity contribution in [2.45, 2.75) is 0 Å².